The van der Waals surface area contributed by atoms with Crippen LogP contribution in [0.3, 0.4) is 0 Å². The Hall–Kier alpha value is -1.13. The number of pyridine rings is 1. The van der Waals surface area contributed by atoms with Crippen LogP contribution in [0.25, 0.3) is 0 Å². The highest BCUT2D eigenvalue weighted by molar-refractivity contribution is 5.17. The van der Waals surface area contributed by atoms with Crippen molar-refractivity contribution in [2.45, 2.75) is 25.5 Å². The van der Waals surface area contributed by atoms with E-state index >= 15 is 0 Å². The summed E-state index contributed by atoms with van der Waals surface area (Å²) >= 11 is 0. The predicted molar refractivity (Wildman–Crippen MR) is 61.5 cm³/mol. The molecule has 2 heterocycles. The molecule has 0 aromatic carbocycles. The maximum absolute atomic E-state index is 5.78. The molecule has 88 valence electrons. The highest BCUT2D eigenvalue weighted by Gasteiger charge is 2.15. The Kier molecular flexibility index (Phi) is 4.13. The number of ether oxygens (including phenoxy) is 2. The zero-order chi connectivity index (χ0) is 11.2. The van der Waals surface area contributed by atoms with Crippen LogP contribution in [0.15, 0.2) is 18.3 Å². The molecule has 0 spiro atoms. The average Bonchev–Trinajstić information content (AvgIpc) is 2.33. The summed E-state index contributed by atoms with van der Waals surface area (Å²) in [5.74, 6) is 0.715. The van der Waals surface area contributed by atoms with E-state index < -0.39 is 0 Å². The summed E-state index contributed by atoms with van der Waals surface area (Å²) in [6.45, 7) is 2.43. The first kappa shape index (κ1) is 11.4. The van der Waals surface area contributed by atoms with E-state index in [2.05, 4.69) is 10.3 Å². The van der Waals surface area contributed by atoms with Crippen molar-refractivity contribution in [2.24, 2.45) is 0 Å². The van der Waals surface area contributed by atoms with Crippen LogP contribution in [0, 0.1) is 0 Å². The van der Waals surface area contributed by atoms with Crippen molar-refractivity contribution in [3.05, 3.63) is 23.9 Å². The highest BCUT2D eigenvalue weighted by Crippen LogP contribution is 2.15. The maximum atomic E-state index is 5.78. The van der Waals surface area contributed by atoms with Gasteiger partial charge in [0.05, 0.1) is 13.2 Å². The normalized spacial score (nSPS) is 17.3. The van der Waals surface area contributed by atoms with E-state index in [9.17, 15) is 0 Å². The SMILES string of the molecule is CNCc1ccc(OC2CCOCC2)nc1. The molecule has 0 amide bonds. The zero-order valence-electron chi connectivity index (χ0n) is 9.61. The Bertz CT molecular complexity index is 307. The molecule has 1 aliphatic rings. The summed E-state index contributed by atoms with van der Waals surface area (Å²) < 4.78 is 11.1. The van der Waals surface area contributed by atoms with Crippen LogP contribution in [-0.4, -0.2) is 31.3 Å². The van der Waals surface area contributed by atoms with Crippen LogP contribution in [0.1, 0.15) is 18.4 Å². The Morgan fingerprint density at radius 2 is 2.25 bits per heavy atom. The molecule has 0 aliphatic carbocycles. The van der Waals surface area contributed by atoms with Gasteiger partial charge >= 0.3 is 0 Å². The van der Waals surface area contributed by atoms with Crippen molar-refractivity contribution in [1.29, 1.82) is 0 Å². The van der Waals surface area contributed by atoms with Crippen LogP contribution >= 0.6 is 0 Å². The fourth-order valence-corrected chi connectivity index (χ4v) is 1.75. The molecule has 0 atom stereocenters. The lowest BCUT2D eigenvalue weighted by Gasteiger charge is -2.22. The minimum atomic E-state index is 0.261. The van der Waals surface area contributed by atoms with Gasteiger partial charge in [-0.15, -0.1) is 0 Å². The number of hydrogen-bond acceptors (Lipinski definition) is 4. The summed E-state index contributed by atoms with van der Waals surface area (Å²) in [7, 11) is 1.92. The van der Waals surface area contributed by atoms with Gasteiger partial charge in [-0.05, 0) is 12.6 Å². The van der Waals surface area contributed by atoms with E-state index in [1.165, 1.54) is 5.56 Å². The van der Waals surface area contributed by atoms with E-state index in [1.54, 1.807) is 0 Å². The van der Waals surface area contributed by atoms with Crippen LogP contribution in [-0.2, 0) is 11.3 Å². The van der Waals surface area contributed by atoms with Gasteiger partial charge in [0.15, 0.2) is 0 Å². The Morgan fingerprint density at radius 3 is 2.88 bits per heavy atom. The second kappa shape index (κ2) is 5.82. The Morgan fingerprint density at radius 1 is 1.44 bits per heavy atom. The Labute approximate surface area is 96.0 Å². The third-order valence-electron chi connectivity index (χ3n) is 2.63. The highest BCUT2D eigenvalue weighted by atomic mass is 16.5. The number of hydrogen-bond donors (Lipinski definition) is 1. The van der Waals surface area contributed by atoms with Crippen molar-refractivity contribution < 1.29 is 9.47 Å². The topological polar surface area (TPSA) is 43.4 Å². The summed E-state index contributed by atoms with van der Waals surface area (Å²) in [5, 5.41) is 3.09. The van der Waals surface area contributed by atoms with Gasteiger partial charge in [0.25, 0.3) is 0 Å². The predicted octanol–water partition coefficient (Wildman–Crippen LogP) is 1.36. The van der Waals surface area contributed by atoms with Crippen molar-refractivity contribution in [2.75, 3.05) is 20.3 Å². The number of nitrogens with one attached hydrogen (secondary N) is 1. The van der Waals surface area contributed by atoms with Crippen molar-refractivity contribution in [1.82, 2.24) is 10.3 Å². The molecule has 1 aromatic heterocycles. The lowest BCUT2D eigenvalue weighted by molar-refractivity contribution is 0.0237. The first-order valence-corrected chi connectivity index (χ1v) is 5.72. The molecule has 1 aromatic rings. The standard InChI is InChI=1S/C12H18N2O2/c1-13-8-10-2-3-12(14-9-10)16-11-4-6-15-7-5-11/h2-3,9,11,13H,4-8H2,1H3. The third-order valence-corrected chi connectivity index (χ3v) is 2.63. The smallest absolute Gasteiger partial charge is 0.213 e. The quantitative estimate of drug-likeness (QED) is 0.835. The fraction of sp³-hybridized carbons (Fsp3) is 0.583. The van der Waals surface area contributed by atoms with Gasteiger partial charge in [0.2, 0.25) is 5.88 Å². The van der Waals surface area contributed by atoms with E-state index in [1.807, 2.05) is 25.4 Å². The minimum Gasteiger partial charge on any atom is -0.474 e. The van der Waals surface area contributed by atoms with Crippen LogP contribution in [0.2, 0.25) is 0 Å². The molecule has 0 radical (unpaired) electrons. The second-order valence-electron chi connectivity index (χ2n) is 3.96. The van der Waals surface area contributed by atoms with Gasteiger partial charge < -0.3 is 14.8 Å². The van der Waals surface area contributed by atoms with E-state index in [0.29, 0.717) is 5.88 Å². The van der Waals surface area contributed by atoms with Crippen molar-refractivity contribution in [3.8, 4) is 5.88 Å². The molecule has 0 bridgehead atoms. The molecular weight excluding hydrogens is 204 g/mol. The molecule has 1 aliphatic heterocycles. The third kappa shape index (κ3) is 3.18. The molecule has 4 nitrogen and oxygen atoms in total. The van der Waals surface area contributed by atoms with E-state index in [-0.39, 0.29) is 6.10 Å². The Balaban J connectivity index is 1.88. The molecule has 4 heteroatoms. The van der Waals surface area contributed by atoms with Crippen LogP contribution < -0.4 is 10.1 Å². The zero-order valence-corrected chi connectivity index (χ0v) is 9.61. The first-order chi connectivity index (χ1) is 7.88. The van der Waals surface area contributed by atoms with Gasteiger partial charge in [0.1, 0.15) is 6.10 Å². The van der Waals surface area contributed by atoms with Crippen LogP contribution in [0.5, 0.6) is 5.88 Å². The summed E-state index contributed by atoms with van der Waals surface area (Å²) in [4.78, 5) is 4.29. The fourth-order valence-electron chi connectivity index (χ4n) is 1.75. The van der Waals surface area contributed by atoms with Gasteiger partial charge in [-0.2, -0.15) is 0 Å². The molecule has 1 N–H and O–H groups in total. The van der Waals surface area contributed by atoms with Gasteiger partial charge in [-0.25, -0.2) is 4.98 Å². The summed E-state index contributed by atoms with van der Waals surface area (Å²) in [6, 6.07) is 3.97. The van der Waals surface area contributed by atoms with Gasteiger partial charge in [-0.3, -0.25) is 0 Å². The second-order valence-corrected chi connectivity index (χ2v) is 3.96. The maximum Gasteiger partial charge on any atom is 0.213 e. The number of rotatable bonds is 4. The molecule has 1 fully saturated rings. The summed E-state index contributed by atoms with van der Waals surface area (Å²) in [6.07, 6.45) is 4.03. The number of nitrogens with zero attached hydrogens (tertiary/aromatic N) is 1. The summed E-state index contributed by atoms with van der Waals surface area (Å²) in [5.41, 5.74) is 1.17. The molecular formula is C12H18N2O2. The van der Waals surface area contributed by atoms with Gasteiger partial charge in [-0.1, -0.05) is 6.07 Å². The lowest BCUT2D eigenvalue weighted by Crippen LogP contribution is -2.26. The molecule has 2 rings (SSSR count). The van der Waals surface area contributed by atoms with Crippen LogP contribution in [0.4, 0.5) is 0 Å². The largest absolute Gasteiger partial charge is 0.474 e. The monoisotopic (exact) mass is 222 g/mol. The molecule has 0 saturated carbocycles. The number of aromatic nitrogens is 1. The average molecular weight is 222 g/mol. The van der Waals surface area contributed by atoms with Gasteiger partial charge in [0, 0.05) is 31.6 Å². The molecule has 0 unspecified atom stereocenters. The minimum absolute atomic E-state index is 0.261. The van der Waals surface area contributed by atoms with E-state index in [0.717, 1.165) is 32.6 Å². The first-order valence-electron chi connectivity index (χ1n) is 5.72. The van der Waals surface area contributed by atoms with E-state index in [4.69, 9.17) is 9.47 Å². The molecule has 1 saturated heterocycles. The lowest BCUT2D eigenvalue weighted by atomic mass is 10.1. The molecule has 16 heavy (non-hydrogen) atoms. The van der Waals surface area contributed by atoms with Crippen molar-refractivity contribution in [3.63, 3.8) is 0 Å². The van der Waals surface area contributed by atoms with Crippen molar-refractivity contribution >= 4 is 0 Å².